The number of hydrogen-bond donors (Lipinski definition) is 2. The Hall–Kier alpha value is -1.39. The summed E-state index contributed by atoms with van der Waals surface area (Å²) < 4.78 is 0. The summed E-state index contributed by atoms with van der Waals surface area (Å²) in [5.74, 6) is 0. The SMILES string of the molecule is Cc1ccc2nc(B(O)O)ccc2c1. The fourth-order valence-corrected chi connectivity index (χ4v) is 1.40. The Kier molecular flexibility index (Phi) is 2.23. The zero-order chi connectivity index (χ0) is 10.1. The summed E-state index contributed by atoms with van der Waals surface area (Å²) in [6.07, 6.45) is 0. The lowest BCUT2D eigenvalue weighted by Gasteiger charge is -2.02. The normalized spacial score (nSPS) is 10.5. The number of benzene rings is 1. The van der Waals surface area contributed by atoms with Crippen LogP contribution in [0.5, 0.6) is 0 Å². The minimum Gasteiger partial charge on any atom is -0.422 e. The first-order chi connectivity index (χ1) is 6.66. The largest absolute Gasteiger partial charge is 0.508 e. The van der Waals surface area contributed by atoms with E-state index in [1.165, 1.54) is 0 Å². The third-order valence-corrected chi connectivity index (χ3v) is 2.13. The van der Waals surface area contributed by atoms with Crippen LogP contribution < -0.4 is 5.59 Å². The molecule has 2 aromatic rings. The summed E-state index contributed by atoms with van der Waals surface area (Å²) in [6, 6.07) is 9.28. The van der Waals surface area contributed by atoms with Gasteiger partial charge in [0.05, 0.1) is 11.1 Å². The summed E-state index contributed by atoms with van der Waals surface area (Å²) in [6.45, 7) is 2.01. The van der Waals surface area contributed by atoms with Gasteiger partial charge in [0.25, 0.3) is 0 Å². The summed E-state index contributed by atoms with van der Waals surface area (Å²) in [5, 5.41) is 18.9. The molecule has 0 fully saturated rings. The van der Waals surface area contributed by atoms with E-state index in [-0.39, 0.29) is 5.59 Å². The molecule has 1 aromatic heterocycles. The van der Waals surface area contributed by atoms with Gasteiger partial charge in [-0.1, -0.05) is 17.7 Å². The molecule has 70 valence electrons. The van der Waals surface area contributed by atoms with Crippen molar-refractivity contribution in [1.82, 2.24) is 4.98 Å². The van der Waals surface area contributed by atoms with E-state index in [1.807, 2.05) is 31.2 Å². The molecule has 2 N–H and O–H groups in total. The molecule has 0 amide bonds. The van der Waals surface area contributed by atoms with E-state index < -0.39 is 7.12 Å². The van der Waals surface area contributed by atoms with Crippen LogP contribution in [0.25, 0.3) is 10.9 Å². The van der Waals surface area contributed by atoms with Crippen LogP contribution in [-0.4, -0.2) is 22.2 Å². The lowest BCUT2D eigenvalue weighted by molar-refractivity contribution is 0.424. The van der Waals surface area contributed by atoms with Gasteiger partial charge in [0, 0.05) is 5.39 Å². The van der Waals surface area contributed by atoms with Crippen molar-refractivity contribution in [3.8, 4) is 0 Å². The topological polar surface area (TPSA) is 53.4 Å². The van der Waals surface area contributed by atoms with E-state index in [4.69, 9.17) is 10.0 Å². The Morgan fingerprint density at radius 3 is 2.64 bits per heavy atom. The van der Waals surface area contributed by atoms with Crippen molar-refractivity contribution in [3.63, 3.8) is 0 Å². The first kappa shape index (κ1) is 9.18. The van der Waals surface area contributed by atoms with Gasteiger partial charge in [-0.15, -0.1) is 0 Å². The molecule has 0 aliphatic carbocycles. The van der Waals surface area contributed by atoms with Crippen molar-refractivity contribution in [2.24, 2.45) is 0 Å². The second-order valence-electron chi connectivity index (χ2n) is 3.31. The number of aromatic nitrogens is 1. The number of fused-ring (bicyclic) bond motifs is 1. The van der Waals surface area contributed by atoms with Crippen LogP contribution >= 0.6 is 0 Å². The second-order valence-corrected chi connectivity index (χ2v) is 3.31. The lowest BCUT2D eigenvalue weighted by Crippen LogP contribution is -2.32. The van der Waals surface area contributed by atoms with E-state index in [2.05, 4.69) is 4.98 Å². The predicted molar refractivity (Wildman–Crippen MR) is 56.3 cm³/mol. The zero-order valence-electron chi connectivity index (χ0n) is 7.81. The van der Waals surface area contributed by atoms with E-state index in [9.17, 15) is 0 Å². The molecule has 1 heterocycles. The quantitative estimate of drug-likeness (QED) is 0.628. The number of nitrogens with zero attached hydrogens (tertiary/aromatic N) is 1. The van der Waals surface area contributed by atoms with Gasteiger partial charge in [-0.3, -0.25) is 4.98 Å². The molecule has 0 aliphatic heterocycles. The Balaban J connectivity index is 2.62. The van der Waals surface area contributed by atoms with Gasteiger partial charge in [-0.2, -0.15) is 0 Å². The molecule has 0 spiro atoms. The van der Waals surface area contributed by atoms with Gasteiger partial charge in [0.15, 0.2) is 0 Å². The first-order valence-electron chi connectivity index (χ1n) is 4.40. The van der Waals surface area contributed by atoms with E-state index in [0.29, 0.717) is 0 Å². The van der Waals surface area contributed by atoms with Gasteiger partial charge in [0.2, 0.25) is 0 Å². The Bertz CT molecular complexity index is 471. The van der Waals surface area contributed by atoms with Crippen molar-refractivity contribution in [2.45, 2.75) is 6.92 Å². The van der Waals surface area contributed by atoms with Crippen LogP contribution in [0.15, 0.2) is 30.3 Å². The molecule has 4 heteroatoms. The highest BCUT2D eigenvalue weighted by Gasteiger charge is 2.12. The van der Waals surface area contributed by atoms with Crippen LogP contribution in [0.2, 0.25) is 0 Å². The van der Waals surface area contributed by atoms with Crippen LogP contribution in [0.1, 0.15) is 5.56 Å². The summed E-state index contributed by atoms with van der Waals surface area (Å²) in [5.41, 5.74) is 2.22. The number of hydrogen-bond acceptors (Lipinski definition) is 3. The van der Waals surface area contributed by atoms with Crippen molar-refractivity contribution < 1.29 is 10.0 Å². The minimum absolute atomic E-state index is 0.279. The molecule has 0 saturated carbocycles. The third kappa shape index (κ3) is 1.62. The average molecular weight is 187 g/mol. The summed E-state index contributed by atoms with van der Waals surface area (Å²) >= 11 is 0. The Morgan fingerprint density at radius 1 is 1.14 bits per heavy atom. The molecule has 14 heavy (non-hydrogen) atoms. The van der Waals surface area contributed by atoms with Gasteiger partial charge >= 0.3 is 7.12 Å². The smallest absolute Gasteiger partial charge is 0.422 e. The van der Waals surface area contributed by atoms with Crippen LogP contribution in [0.4, 0.5) is 0 Å². The van der Waals surface area contributed by atoms with Crippen molar-refractivity contribution >= 4 is 23.6 Å². The molecule has 0 unspecified atom stereocenters. The maximum Gasteiger partial charge on any atom is 0.508 e. The summed E-state index contributed by atoms with van der Waals surface area (Å²) in [7, 11) is -1.50. The number of aryl methyl sites for hydroxylation is 1. The van der Waals surface area contributed by atoms with Gasteiger partial charge in [0.1, 0.15) is 0 Å². The highest BCUT2D eigenvalue weighted by molar-refractivity contribution is 6.57. The first-order valence-corrected chi connectivity index (χ1v) is 4.40. The van der Waals surface area contributed by atoms with Crippen LogP contribution in [0.3, 0.4) is 0 Å². The molecule has 0 atom stereocenters. The molecule has 0 aliphatic rings. The van der Waals surface area contributed by atoms with E-state index in [1.54, 1.807) is 6.07 Å². The average Bonchev–Trinajstić information content (AvgIpc) is 2.16. The lowest BCUT2D eigenvalue weighted by atomic mass is 9.85. The molecule has 0 saturated heterocycles. The maximum absolute atomic E-state index is 8.93. The molecule has 0 bridgehead atoms. The Morgan fingerprint density at radius 2 is 1.93 bits per heavy atom. The molecular formula is C10H10BNO2. The minimum atomic E-state index is -1.50. The molecule has 0 radical (unpaired) electrons. The van der Waals surface area contributed by atoms with Gasteiger partial charge in [-0.05, 0) is 25.1 Å². The van der Waals surface area contributed by atoms with Gasteiger partial charge in [-0.25, -0.2) is 0 Å². The second kappa shape index (κ2) is 3.40. The van der Waals surface area contributed by atoms with Crippen molar-refractivity contribution in [1.29, 1.82) is 0 Å². The highest BCUT2D eigenvalue weighted by atomic mass is 16.4. The number of rotatable bonds is 1. The third-order valence-electron chi connectivity index (χ3n) is 2.13. The molecule has 2 rings (SSSR count). The zero-order valence-corrected chi connectivity index (χ0v) is 7.81. The maximum atomic E-state index is 8.93. The monoisotopic (exact) mass is 187 g/mol. The standard InChI is InChI=1S/C10H10BNO2/c1-7-2-4-9-8(6-7)3-5-10(12-9)11(13)14/h2-6,13-14H,1H3. The highest BCUT2D eigenvalue weighted by Crippen LogP contribution is 2.11. The molecule has 1 aromatic carbocycles. The van der Waals surface area contributed by atoms with Crippen molar-refractivity contribution in [3.05, 3.63) is 35.9 Å². The Labute approximate surface area is 82.2 Å². The predicted octanol–water partition coefficient (Wildman–Crippen LogP) is 0.223. The van der Waals surface area contributed by atoms with Crippen LogP contribution in [-0.2, 0) is 0 Å². The van der Waals surface area contributed by atoms with Crippen molar-refractivity contribution in [2.75, 3.05) is 0 Å². The fraction of sp³-hybridized carbons (Fsp3) is 0.100. The van der Waals surface area contributed by atoms with Crippen LogP contribution in [0, 0.1) is 6.92 Å². The summed E-state index contributed by atoms with van der Waals surface area (Å²) in [4.78, 5) is 4.12. The van der Waals surface area contributed by atoms with Gasteiger partial charge < -0.3 is 10.0 Å². The fourth-order valence-electron chi connectivity index (χ4n) is 1.40. The van der Waals surface area contributed by atoms with E-state index in [0.717, 1.165) is 16.5 Å². The molecular weight excluding hydrogens is 177 g/mol. The number of pyridine rings is 1. The van der Waals surface area contributed by atoms with E-state index >= 15 is 0 Å². The molecule has 3 nitrogen and oxygen atoms in total.